The quantitative estimate of drug-likeness (QED) is 0.729. The van der Waals surface area contributed by atoms with Crippen molar-refractivity contribution in [1.82, 2.24) is 5.32 Å². The Morgan fingerprint density at radius 2 is 1.84 bits per heavy atom. The third kappa shape index (κ3) is 5.08. The van der Waals surface area contributed by atoms with Crippen LogP contribution in [-0.4, -0.2) is 18.6 Å². The molecular formula is C21H24BrNO2. The summed E-state index contributed by atoms with van der Waals surface area (Å²) < 4.78 is 6.71. The van der Waals surface area contributed by atoms with Gasteiger partial charge in [0.15, 0.2) is 0 Å². The van der Waals surface area contributed by atoms with E-state index < -0.39 is 0 Å². The number of hydrogen-bond donors (Lipinski definition) is 1. The molecule has 0 bridgehead atoms. The van der Waals surface area contributed by atoms with Gasteiger partial charge in [0.05, 0.1) is 6.10 Å². The van der Waals surface area contributed by atoms with Gasteiger partial charge in [0.2, 0.25) is 5.91 Å². The molecule has 1 N–H and O–H groups in total. The highest BCUT2D eigenvalue weighted by Crippen LogP contribution is 2.47. The topological polar surface area (TPSA) is 38.3 Å². The molecule has 0 aromatic heterocycles. The summed E-state index contributed by atoms with van der Waals surface area (Å²) in [6, 6.07) is 16.4. The smallest absolute Gasteiger partial charge is 0.223 e. The molecule has 1 fully saturated rings. The standard InChI is InChI=1S/C21H24BrNO2/c1-14(2)25-18-9-3-15(4-10-18)11-12-23-21(24)20-13-19(20)16-5-7-17(22)8-6-16/h3-10,14,19-20H,11-13H2,1-2H3,(H,23,24). The predicted octanol–water partition coefficient (Wildman–Crippen LogP) is 4.70. The molecule has 4 heteroatoms. The number of carbonyl (C=O) groups is 1. The molecule has 0 spiro atoms. The number of amides is 1. The first-order chi connectivity index (χ1) is 12.0. The SMILES string of the molecule is CC(C)Oc1ccc(CCNC(=O)C2CC2c2ccc(Br)cc2)cc1. The van der Waals surface area contributed by atoms with Crippen LogP contribution >= 0.6 is 15.9 Å². The third-order valence-electron chi connectivity index (χ3n) is 4.43. The molecule has 1 aliphatic rings. The maximum Gasteiger partial charge on any atom is 0.223 e. The Morgan fingerprint density at radius 1 is 1.16 bits per heavy atom. The fourth-order valence-corrected chi connectivity index (χ4v) is 3.30. The second-order valence-electron chi connectivity index (χ2n) is 6.85. The molecule has 0 radical (unpaired) electrons. The summed E-state index contributed by atoms with van der Waals surface area (Å²) in [7, 11) is 0. The van der Waals surface area contributed by atoms with Crippen molar-refractivity contribution in [3.05, 3.63) is 64.1 Å². The summed E-state index contributed by atoms with van der Waals surface area (Å²) in [6.07, 6.45) is 1.97. The van der Waals surface area contributed by atoms with E-state index in [1.807, 2.05) is 38.1 Å². The first-order valence-corrected chi connectivity index (χ1v) is 9.61. The van der Waals surface area contributed by atoms with Crippen molar-refractivity contribution in [3.63, 3.8) is 0 Å². The summed E-state index contributed by atoms with van der Waals surface area (Å²) in [5.41, 5.74) is 2.46. The Bertz CT molecular complexity index is 710. The van der Waals surface area contributed by atoms with Crippen LogP contribution in [0.3, 0.4) is 0 Å². The highest BCUT2D eigenvalue weighted by Gasteiger charge is 2.43. The average molecular weight is 402 g/mol. The molecule has 3 nitrogen and oxygen atoms in total. The van der Waals surface area contributed by atoms with Crippen LogP contribution in [-0.2, 0) is 11.2 Å². The van der Waals surface area contributed by atoms with Crippen LogP contribution in [0.4, 0.5) is 0 Å². The van der Waals surface area contributed by atoms with Gasteiger partial charge >= 0.3 is 0 Å². The lowest BCUT2D eigenvalue weighted by atomic mass is 10.1. The maximum absolute atomic E-state index is 12.3. The molecule has 25 heavy (non-hydrogen) atoms. The van der Waals surface area contributed by atoms with E-state index in [4.69, 9.17) is 4.74 Å². The number of ether oxygens (including phenoxy) is 1. The molecule has 0 heterocycles. The lowest BCUT2D eigenvalue weighted by Crippen LogP contribution is -2.27. The van der Waals surface area contributed by atoms with Crippen molar-refractivity contribution >= 4 is 21.8 Å². The normalized spacial score (nSPS) is 18.9. The zero-order valence-electron chi connectivity index (χ0n) is 14.7. The van der Waals surface area contributed by atoms with Gasteiger partial charge in [-0.1, -0.05) is 40.2 Å². The molecule has 1 aliphatic carbocycles. The van der Waals surface area contributed by atoms with Gasteiger partial charge in [0.1, 0.15) is 5.75 Å². The van der Waals surface area contributed by atoms with Gasteiger partial charge < -0.3 is 10.1 Å². The number of nitrogens with one attached hydrogen (secondary N) is 1. The van der Waals surface area contributed by atoms with Crippen molar-refractivity contribution in [3.8, 4) is 5.75 Å². The van der Waals surface area contributed by atoms with Crippen LogP contribution in [0.25, 0.3) is 0 Å². The van der Waals surface area contributed by atoms with E-state index in [0.29, 0.717) is 12.5 Å². The Hall–Kier alpha value is -1.81. The Morgan fingerprint density at radius 3 is 2.48 bits per heavy atom. The highest BCUT2D eigenvalue weighted by atomic mass is 79.9. The van der Waals surface area contributed by atoms with Crippen molar-refractivity contribution in [2.75, 3.05) is 6.54 Å². The number of hydrogen-bond acceptors (Lipinski definition) is 2. The van der Waals surface area contributed by atoms with Crippen LogP contribution in [0.5, 0.6) is 5.75 Å². The van der Waals surface area contributed by atoms with E-state index in [9.17, 15) is 4.79 Å². The first-order valence-electron chi connectivity index (χ1n) is 8.81. The van der Waals surface area contributed by atoms with Gasteiger partial charge in [0, 0.05) is 16.9 Å². The minimum absolute atomic E-state index is 0.128. The number of rotatable bonds is 7. The van der Waals surface area contributed by atoms with Crippen LogP contribution in [0.1, 0.15) is 37.3 Å². The molecule has 2 aromatic carbocycles. The second-order valence-corrected chi connectivity index (χ2v) is 7.77. The fraction of sp³-hybridized carbons (Fsp3) is 0.381. The van der Waals surface area contributed by atoms with Crippen LogP contribution < -0.4 is 10.1 Å². The molecule has 2 unspecified atom stereocenters. The van der Waals surface area contributed by atoms with E-state index >= 15 is 0 Å². The lowest BCUT2D eigenvalue weighted by Gasteiger charge is -2.10. The van der Waals surface area contributed by atoms with E-state index in [0.717, 1.165) is 23.1 Å². The summed E-state index contributed by atoms with van der Waals surface area (Å²) in [5.74, 6) is 1.56. The van der Waals surface area contributed by atoms with E-state index in [2.05, 4.69) is 45.5 Å². The van der Waals surface area contributed by atoms with Crippen molar-refractivity contribution in [2.24, 2.45) is 5.92 Å². The largest absolute Gasteiger partial charge is 0.491 e. The molecule has 1 amide bonds. The van der Waals surface area contributed by atoms with E-state index in [1.54, 1.807) is 0 Å². The highest BCUT2D eigenvalue weighted by molar-refractivity contribution is 9.10. The Labute approximate surface area is 157 Å². The lowest BCUT2D eigenvalue weighted by molar-refractivity contribution is -0.122. The number of carbonyl (C=O) groups excluding carboxylic acids is 1. The second kappa shape index (κ2) is 8.05. The Kier molecular flexibility index (Phi) is 5.79. The summed E-state index contributed by atoms with van der Waals surface area (Å²) in [4.78, 5) is 12.3. The molecule has 132 valence electrons. The van der Waals surface area contributed by atoms with Crippen LogP contribution in [0.15, 0.2) is 53.0 Å². The third-order valence-corrected chi connectivity index (χ3v) is 4.96. The molecule has 0 aliphatic heterocycles. The number of halogens is 1. The summed E-state index contributed by atoms with van der Waals surface area (Å²) in [6.45, 7) is 4.71. The van der Waals surface area contributed by atoms with Gasteiger partial charge in [-0.3, -0.25) is 4.79 Å². The molecule has 3 rings (SSSR count). The van der Waals surface area contributed by atoms with Gasteiger partial charge in [-0.05, 0) is 68.0 Å². The van der Waals surface area contributed by atoms with Crippen LogP contribution in [0.2, 0.25) is 0 Å². The Balaban J connectivity index is 1.42. The fourth-order valence-electron chi connectivity index (χ4n) is 3.03. The molecule has 2 aromatic rings. The monoisotopic (exact) mass is 401 g/mol. The zero-order valence-corrected chi connectivity index (χ0v) is 16.3. The minimum atomic E-state index is 0.128. The van der Waals surface area contributed by atoms with Crippen molar-refractivity contribution < 1.29 is 9.53 Å². The predicted molar refractivity (Wildman–Crippen MR) is 104 cm³/mol. The van der Waals surface area contributed by atoms with Crippen LogP contribution in [0, 0.1) is 5.92 Å². The summed E-state index contributed by atoms with van der Waals surface area (Å²) in [5, 5.41) is 3.07. The van der Waals surface area contributed by atoms with Gasteiger partial charge in [-0.2, -0.15) is 0 Å². The van der Waals surface area contributed by atoms with Gasteiger partial charge in [0.25, 0.3) is 0 Å². The average Bonchev–Trinajstić information content (AvgIpc) is 3.37. The molecule has 2 atom stereocenters. The minimum Gasteiger partial charge on any atom is -0.491 e. The van der Waals surface area contributed by atoms with Crippen molar-refractivity contribution in [2.45, 2.75) is 38.7 Å². The molecular weight excluding hydrogens is 378 g/mol. The van der Waals surface area contributed by atoms with E-state index in [-0.39, 0.29) is 17.9 Å². The van der Waals surface area contributed by atoms with Crippen molar-refractivity contribution in [1.29, 1.82) is 0 Å². The first kappa shape index (κ1) is 18.0. The molecule has 0 saturated heterocycles. The maximum atomic E-state index is 12.3. The van der Waals surface area contributed by atoms with E-state index in [1.165, 1.54) is 11.1 Å². The van der Waals surface area contributed by atoms with Gasteiger partial charge in [-0.25, -0.2) is 0 Å². The zero-order chi connectivity index (χ0) is 17.8. The van der Waals surface area contributed by atoms with Gasteiger partial charge in [-0.15, -0.1) is 0 Å². The number of benzene rings is 2. The molecule has 1 saturated carbocycles. The summed E-state index contributed by atoms with van der Waals surface area (Å²) >= 11 is 3.44.